The number of halogens is 1. The van der Waals surface area contributed by atoms with E-state index in [0.29, 0.717) is 5.56 Å². The number of hydrogen-bond acceptors (Lipinski definition) is 3. The molecule has 0 aliphatic carbocycles. The zero-order valence-corrected chi connectivity index (χ0v) is 17.3. The van der Waals surface area contributed by atoms with E-state index in [9.17, 15) is 9.18 Å². The second-order valence-corrected chi connectivity index (χ2v) is 7.58. The van der Waals surface area contributed by atoms with Crippen LogP contribution in [0.4, 0.5) is 4.39 Å². The number of aryl methyl sites for hydroxylation is 2. The van der Waals surface area contributed by atoms with E-state index in [4.69, 9.17) is 0 Å². The Bertz CT molecular complexity index is 1140. The van der Waals surface area contributed by atoms with Crippen molar-refractivity contribution in [2.45, 2.75) is 38.6 Å². The van der Waals surface area contributed by atoms with Crippen LogP contribution >= 0.6 is 0 Å². The van der Waals surface area contributed by atoms with Gasteiger partial charge >= 0.3 is 0 Å². The van der Waals surface area contributed by atoms with Crippen LogP contribution < -0.4 is 5.32 Å². The summed E-state index contributed by atoms with van der Waals surface area (Å²) in [5, 5.41) is 2.74. The predicted molar refractivity (Wildman–Crippen MR) is 119 cm³/mol. The van der Waals surface area contributed by atoms with Crippen molar-refractivity contribution in [1.82, 2.24) is 20.3 Å². The summed E-state index contributed by atoms with van der Waals surface area (Å²) in [4.78, 5) is 24.4. The van der Waals surface area contributed by atoms with Crippen LogP contribution in [-0.2, 0) is 19.4 Å². The third kappa shape index (κ3) is 5.54. The summed E-state index contributed by atoms with van der Waals surface area (Å²) in [6.07, 6.45) is 6.56. The van der Waals surface area contributed by atoms with Gasteiger partial charge in [-0.25, -0.2) is 9.37 Å². The standard InChI is InChI=1S/C25H25FN4O/c26-20-11-7-15-27-23(20)17-28-25(31)19-10-6-9-18(16-19)8-2-1-3-14-24-29-21-12-4-5-13-22(21)30-24/h4-7,9-13,15-16H,1-3,8,14,17H2,(H,28,31)(H,29,30). The molecule has 0 saturated heterocycles. The van der Waals surface area contributed by atoms with Crippen LogP contribution in [0.15, 0.2) is 66.9 Å². The highest BCUT2D eigenvalue weighted by Gasteiger charge is 2.09. The van der Waals surface area contributed by atoms with E-state index in [1.807, 2.05) is 42.5 Å². The number of carbonyl (C=O) groups is 1. The van der Waals surface area contributed by atoms with Gasteiger partial charge in [0, 0.05) is 18.2 Å². The molecule has 5 nitrogen and oxygen atoms in total. The molecule has 0 aliphatic heterocycles. The van der Waals surface area contributed by atoms with Gasteiger partial charge in [0.25, 0.3) is 5.91 Å². The second kappa shape index (κ2) is 9.98. The minimum Gasteiger partial charge on any atom is -0.346 e. The maximum atomic E-state index is 13.7. The summed E-state index contributed by atoms with van der Waals surface area (Å²) >= 11 is 0. The van der Waals surface area contributed by atoms with Gasteiger partial charge in [-0.1, -0.05) is 30.7 Å². The van der Waals surface area contributed by atoms with Gasteiger partial charge in [-0.05, 0) is 61.2 Å². The topological polar surface area (TPSA) is 70.7 Å². The molecule has 6 heteroatoms. The normalized spacial score (nSPS) is 11.0. The zero-order chi connectivity index (χ0) is 21.5. The largest absolute Gasteiger partial charge is 0.346 e. The molecule has 158 valence electrons. The molecular formula is C25H25FN4O. The maximum Gasteiger partial charge on any atom is 0.251 e. The summed E-state index contributed by atoms with van der Waals surface area (Å²) in [5.41, 5.74) is 4.03. The Hall–Kier alpha value is -3.54. The lowest BCUT2D eigenvalue weighted by atomic mass is 10.0. The number of fused-ring (bicyclic) bond motifs is 1. The quantitative estimate of drug-likeness (QED) is 0.378. The highest BCUT2D eigenvalue weighted by Crippen LogP contribution is 2.14. The average Bonchev–Trinajstić information content (AvgIpc) is 3.21. The Kier molecular flexibility index (Phi) is 6.67. The predicted octanol–water partition coefficient (Wildman–Crippen LogP) is 4.98. The van der Waals surface area contributed by atoms with Crippen LogP contribution in [0.5, 0.6) is 0 Å². The maximum absolute atomic E-state index is 13.7. The Morgan fingerprint density at radius 3 is 2.71 bits per heavy atom. The summed E-state index contributed by atoms with van der Waals surface area (Å²) in [6, 6.07) is 18.5. The summed E-state index contributed by atoms with van der Waals surface area (Å²) in [6.45, 7) is 0.0670. The summed E-state index contributed by atoms with van der Waals surface area (Å²) in [5.74, 6) is 0.389. The molecule has 1 amide bonds. The molecule has 0 radical (unpaired) electrons. The van der Waals surface area contributed by atoms with E-state index in [-0.39, 0.29) is 18.1 Å². The molecule has 2 heterocycles. The molecule has 4 rings (SSSR count). The number of imidazole rings is 1. The van der Waals surface area contributed by atoms with E-state index in [1.165, 1.54) is 18.3 Å². The lowest BCUT2D eigenvalue weighted by Crippen LogP contribution is -2.24. The first kappa shape index (κ1) is 20.7. The van der Waals surface area contributed by atoms with Crippen LogP contribution in [-0.4, -0.2) is 20.9 Å². The minimum absolute atomic E-state index is 0.0670. The molecule has 0 saturated carbocycles. The van der Waals surface area contributed by atoms with Gasteiger partial charge in [0.05, 0.1) is 23.3 Å². The molecule has 0 atom stereocenters. The highest BCUT2D eigenvalue weighted by atomic mass is 19.1. The van der Waals surface area contributed by atoms with E-state index in [1.54, 1.807) is 6.07 Å². The number of nitrogens with zero attached hydrogens (tertiary/aromatic N) is 2. The third-order valence-corrected chi connectivity index (χ3v) is 5.26. The van der Waals surface area contributed by atoms with Crippen molar-refractivity contribution in [2.75, 3.05) is 0 Å². The van der Waals surface area contributed by atoms with E-state index >= 15 is 0 Å². The summed E-state index contributed by atoms with van der Waals surface area (Å²) < 4.78 is 13.7. The molecule has 0 aliphatic rings. The SMILES string of the molecule is O=C(NCc1ncccc1F)c1cccc(CCCCCc2nc3ccccc3[nH]2)c1. The number of para-hydroxylation sites is 2. The first-order valence-electron chi connectivity index (χ1n) is 10.6. The Morgan fingerprint density at radius 2 is 1.84 bits per heavy atom. The molecular weight excluding hydrogens is 391 g/mol. The van der Waals surface area contributed by atoms with Crippen molar-refractivity contribution in [3.63, 3.8) is 0 Å². The highest BCUT2D eigenvalue weighted by molar-refractivity contribution is 5.94. The Morgan fingerprint density at radius 1 is 0.968 bits per heavy atom. The fourth-order valence-electron chi connectivity index (χ4n) is 3.60. The minimum atomic E-state index is -0.417. The monoisotopic (exact) mass is 416 g/mol. The smallest absolute Gasteiger partial charge is 0.251 e. The number of aromatic nitrogens is 3. The molecule has 2 N–H and O–H groups in total. The number of rotatable bonds is 9. The van der Waals surface area contributed by atoms with Crippen LogP contribution in [0.3, 0.4) is 0 Å². The van der Waals surface area contributed by atoms with Gasteiger partial charge in [0.1, 0.15) is 11.6 Å². The van der Waals surface area contributed by atoms with Crippen molar-refractivity contribution >= 4 is 16.9 Å². The van der Waals surface area contributed by atoms with Gasteiger partial charge in [-0.2, -0.15) is 0 Å². The number of benzene rings is 2. The van der Waals surface area contributed by atoms with Crippen molar-refractivity contribution in [2.24, 2.45) is 0 Å². The van der Waals surface area contributed by atoms with E-state index in [2.05, 4.69) is 20.3 Å². The molecule has 0 unspecified atom stereocenters. The number of unbranched alkanes of at least 4 members (excludes halogenated alkanes) is 2. The number of aromatic amines is 1. The number of H-pyrrole nitrogens is 1. The molecule has 0 spiro atoms. The van der Waals surface area contributed by atoms with Crippen LogP contribution in [0.1, 0.15) is 46.7 Å². The van der Waals surface area contributed by atoms with E-state index in [0.717, 1.165) is 54.5 Å². The lowest BCUT2D eigenvalue weighted by Gasteiger charge is -2.07. The Labute approximate surface area is 180 Å². The Balaban J connectivity index is 1.22. The fraction of sp³-hybridized carbons (Fsp3) is 0.240. The fourth-order valence-corrected chi connectivity index (χ4v) is 3.60. The van der Waals surface area contributed by atoms with Gasteiger partial charge in [0.2, 0.25) is 0 Å². The molecule has 0 fully saturated rings. The molecule has 31 heavy (non-hydrogen) atoms. The van der Waals surface area contributed by atoms with Crippen molar-refractivity contribution in [3.05, 3.63) is 95.3 Å². The van der Waals surface area contributed by atoms with Gasteiger partial charge < -0.3 is 10.3 Å². The van der Waals surface area contributed by atoms with Crippen molar-refractivity contribution in [3.8, 4) is 0 Å². The van der Waals surface area contributed by atoms with Crippen LogP contribution in [0.2, 0.25) is 0 Å². The van der Waals surface area contributed by atoms with Crippen LogP contribution in [0, 0.1) is 5.82 Å². The number of amides is 1. The second-order valence-electron chi connectivity index (χ2n) is 7.58. The van der Waals surface area contributed by atoms with Gasteiger partial charge in [-0.3, -0.25) is 9.78 Å². The van der Waals surface area contributed by atoms with Crippen molar-refractivity contribution in [1.29, 1.82) is 0 Å². The summed E-state index contributed by atoms with van der Waals surface area (Å²) in [7, 11) is 0. The number of nitrogens with one attached hydrogen (secondary N) is 2. The average molecular weight is 417 g/mol. The lowest BCUT2D eigenvalue weighted by molar-refractivity contribution is 0.0950. The number of carbonyl (C=O) groups excluding carboxylic acids is 1. The molecule has 2 aromatic heterocycles. The number of pyridine rings is 1. The molecule has 2 aromatic carbocycles. The van der Waals surface area contributed by atoms with E-state index < -0.39 is 5.82 Å². The van der Waals surface area contributed by atoms with Crippen LogP contribution in [0.25, 0.3) is 11.0 Å². The van der Waals surface area contributed by atoms with Gasteiger partial charge in [0.15, 0.2) is 0 Å². The molecule has 0 bridgehead atoms. The number of hydrogen-bond donors (Lipinski definition) is 2. The third-order valence-electron chi connectivity index (χ3n) is 5.26. The zero-order valence-electron chi connectivity index (χ0n) is 17.3. The first-order valence-corrected chi connectivity index (χ1v) is 10.6. The molecule has 4 aromatic rings. The first-order chi connectivity index (χ1) is 15.2. The van der Waals surface area contributed by atoms with Gasteiger partial charge in [-0.15, -0.1) is 0 Å². The van der Waals surface area contributed by atoms with Crippen molar-refractivity contribution < 1.29 is 9.18 Å².